The van der Waals surface area contributed by atoms with Gasteiger partial charge in [-0.2, -0.15) is 0 Å². The Morgan fingerprint density at radius 3 is 3.13 bits per heavy atom. The van der Waals surface area contributed by atoms with Crippen molar-refractivity contribution in [3.05, 3.63) is 23.3 Å². The van der Waals surface area contributed by atoms with E-state index in [1.165, 1.54) is 5.56 Å². The van der Waals surface area contributed by atoms with Crippen molar-refractivity contribution in [2.45, 2.75) is 39.2 Å². The lowest BCUT2D eigenvalue weighted by molar-refractivity contribution is -0.119. The molecule has 2 rings (SSSR count). The lowest BCUT2D eigenvalue weighted by atomic mass is 9.93. The van der Waals surface area contributed by atoms with Crippen LogP contribution in [0.25, 0.3) is 0 Å². The Kier molecular flexibility index (Phi) is 2.66. The lowest BCUT2D eigenvalue weighted by Gasteiger charge is -2.24. The number of hydrogen-bond donors (Lipinski definition) is 1. The van der Waals surface area contributed by atoms with Gasteiger partial charge in [0, 0.05) is 24.9 Å². The lowest BCUT2D eigenvalue weighted by Crippen LogP contribution is -2.37. The molecule has 0 aromatic carbocycles. The van der Waals surface area contributed by atoms with E-state index in [2.05, 4.69) is 15.3 Å². The highest BCUT2D eigenvalue weighted by Crippen LogP contribution is 2.18. The topological polar surface area (TPSA) is 54.9 Å². The fourth-order valence-electron chi connectivity index (χ4n) is 2.02. The van der Waals surface area contributed by atoms with Gasteiger partial charge in [-0.15, -0.1) is 0 Å². The van der Waals surface area contributed by atoms with Crippen molar-refractivity contribution >= 4 is 5.91 Å². The van der Waals surface area contributed by atoms with E-state index in [1.54, 1.807) is 6.92 Å². The first-order valence-electron chi connectivity index (χ1n) is 5.23. The van der Waals surface area contributed by atoms with Gasteiger partial charge >= 0.3 is 0 Å². The van der Waals surface area contributed by atoms with Crippen LogP contribution in [0.5, 0.6) is 0 Å². The molecule has 1 amide bonds. The smallest absolute Gasteiger partial charge is 0.217 e. The maximum atomic E-state index is 10.9. The minimum atomic E-state index is 0.0384. The van der Waals surface area contributed by atoms with Gasteiger partial charge in [-0.1, -0.05) is 0 Å². The molecule has 4 heteroatoms. The molecule has 1 unspecified atom stereocenters. The largest absolute Gasteiger partial charge is 0.353 e. The third-order valence-electron chi connectivity index (χ3n) is 2.68. The second-order valence-corrected chi connectivity index (χ2v) is 4.03. The molecule has 1 aliphatic rings. The predicted molar refractivity (Wildman–Crippen MR) is 56.4 cm³/mol. The molecule has 1 N–H and O–H groups in total. The molecule has 1 atom stereocenters. The summed E-state index contributed by atoms with van der Waals surface area (Å²) in [5, 5.41) is 2.94. The Labute approximate surface area is 89.1 Å². The maximum Gasteiger partial charge on any atom is 0.217 e. The SMILES string of the molecule is CC(=O)NC1CCc2nc(C)ncc2C1. The fraction of sp³-hybridized carbons (Fsp3) is 0.545. The molecule has 0 saturated heterocycles. The average Bonchev–Trinajstić information content (AvgIpc) is 2.17. The Morgan fingerprint density at radius 1 is 1.60 bits per heavy atom. The highest BCUT2D eigenvalue weighted by Gasteiger charge is 2.20. The van der Waals surface area contributed by atoms with Crippen molar-refractivity contribution in [3.8, 4) is 0 Å². The number of amides is 1. The number of carbonyl (C=O) groups is 1. The van der Waals surface area contributed by atoms with E-state index in [1.807, 2.05) is 13.1 Å². The van der Waals surface area contributed by atoms with E-state index in [4.69, 9.17) is 0 Å². The molecule has 0 aliphatic heterocycles. The van der Waals surface area contributed by atoms with E-state index in [0.717, 1.165) is 30.8 Å². The zero-order chi connectivity index (χ0) is 10.8. The molecular formula is C11H15N3O. The summed E-state index contributed by atoms with van der Waals surface area (Å²) in [6.45, 7) is 3.46. The first kappa shape index (κ1) is 10.1. The first-order chi connectivity index (χ1) is 7.15. The van der Waals surface area contributed by atoms with Crippen molar-refractivity contribution in [2.24, 2.45) is 0 Å². The summed E-state index contributed by atoms with van der Waals surface area (Å²) < 4.78 is 0. The van der Waals surface area contributed by atoms with Gasteiger partial charge in [-0.3, -0.25) is 4.79 Å². The van der Waals surface area contributed by atoms with E-state index >= 15 is 0 Å². The monoisotopic (exact) mass is 205 g/mol. The number of aromatic nitrogens is 2. The van der Waals surface area contributed by atoms with E-state index in [9.17, 15) is 4.79 Å². The summed E-state index contributed by atoms with van der Waals surface area (Å²) in [5.41, 5.74) is 2.31. The molecule has 80 valence electrons. The summed E-state index contributed by atoms with van der Waals surface area (Å²) in [6.07, 6.45) is 4.65. The van der Waals surface area contributed by atoms with Crippen LogP contribution in [0.3, 0.4) is 0 Å². The molecule has 4 nitrogen and oxygen atoms in total. The number of rotatable bonds is 1. The van der Waals surface area contributed by atoms with Crippen LogP contribution in [-0.2, 0) is 17.6 Å². The highest BCUT2D eigenvalue weighted by atomic mass is 16.1. The summed E-state index contributed by atoms with van der Waals surface area (Å²) in [7, 11) is 0. The zero-order valence-electron chi connectivity index (χ0n) is 9.08. The zero-order valence-corrected chi connectivity index (χ0v) is 9.08. The normalized spacial score (nSPS) is 19.5. The summed E-state index contributed by atoms with van der Waals surface area (Å²) >= 11 is 0. The Balaban J connectivity index is 2.13. The molecule has 0 bridgehead atoms. The Hall–Kier alpha value is -1.45. The van der Waals surface area contributed by atoms with Crippen LogP contribution in [0.4, 0.5) is 0 Å². The minimum absolute atomic E-state index is 0.0384. The molecule has 15 heavy (non-hydrogen) atoms. The minimum Gasteiger partial charge on any atom is -0.353 e. The van der Waals surface area contributed by atoms with Gasteiger partial charge in [0.05, 0.1) is 0 Å². The molecule has 1 aromatic heterocycles. The van der Waals surface area contributed by atoms with Gasteiger partial charge < -0.3 is 5.32 Å². The summed E-state index contributed by atoms with van der Waals surface area (Å²) in [6, 6.07) is 0.251. The van der Waals surface area contributed by atoms with E-state index < -0.39 is 0 Å². The summed E-state index contributed by atoms with van der Waals surface area (Å²) in [4.78, 5) is 19.5. The molecule has 0 saturated carbocycles. The van der Waals surface area contributed by atoms with Crippen molar-refractivity contribution in [1.29, 1.82) is 0 Å². The van der Waals surface area contributed by atoms with Gasteiger partial charge in [0.15, 0.2) is 0 Å². The van der Waals surface area contributed by atoms with Crippen LogP contribution >= 0.6 is 0 Å². The number of nitrogens with one attached hydrogen (secondary N) is 1. The van der Waals surface area contributed by atoms with Crippen molar-refractivity contribution < 1.29 is 4.79 Å². The number of hydrogen-bond acceptors (Lipinski definition) is 3. The quantitative estimate of drug-likeness (QED) is 0.737. The molecule has 0 fully saturated rings. The van der Waals surface area contributed by atoms with Crippen molar-refractivity contribution in [2.75, 3.05) is 0 Å². The van der Waals surface area contributed by atoms with Gasteiger partial charge in [0.2, 0.25) is 5.91 Å². The van der Waals surface area contributed by atoms with Crippen LogP contribution in [0.2, 0.25) is 0 Å². The van der Waals surface area contributed by atoms with Gasteiger partial charge in [0.25, 0.3) is 0 Å². The van der Waals surface area contributed by atoms with Crippen LogP contribution in [-0.4, -0.2) is 21.9 Å². The molecular weight excluding hydrogens is 190 g/mol. The second-order valence-electron chi connectivity index (χ2n) is 4.03. The van der Waals surface area contributed by atoms with E-state index in [0.29, 0.717) is 0 Å². The maximum absolute atomic E-state index is 10.9. The van der Waals surface area contributed by atoms with Gasteiger partial charge in [0.1, 0.15) is 5.82 Å². The van der Waals surface area contributed by atoms with E-state index in [-0.39, 0.29) is 11.9 Å². The summed E-state index contributed by atoms with van der Waals surface area (Å²) in [5.74, 6) is 0.864. The Morgan fingerprint density at radius 2 is 2.40 bits per heavy atom. The highest BCUT2D eigenvalue weighted by molar-refractivity contribution is 5.73. The second kappa shape index (κ2) is 3.96. The Bertz CT molecular complexity index is 389. The fourth-order valence-corrected chi connectivity index (χ4v) is 2.02. The average molecular weight is 205 g/mol. The predicted octanol–water partition coefficient (Wildman–Crippen LogP) is 0.778. The van der Waals surface area contributed by atoms with Crippen LogP contribution in [0, 0.1) is 6.92 Å². The number of aryl methyl sites for hydroxylation is 2. The first-order valence-corrected chi connectivity index (χ1v) is 5.23. The number of fused-ring (bicyclic) bond motifs is 1. The number of carbonyl (C=O) groups excluding carboxylic acids is 1. The molecule has 0 spiro atoms. The molecule has 1 heterocycles. The standard InChI is InChI=1S/C11H15N3O/c1-7-12-6-9-5-10(14-8(2)15)3-4-11(9)13-7/h6,10H,3-5H2,1-2H3,(H,14,15). The third-order valence-corrected chi connectivity index (χ3v) is 2.68. The van der Waals surface area contributed by atoms with Crippen LogP contribution < -0.4 is 5.32 Å². The van der Waals surface area contributed by atoms with Gasteiger partial charge in [-0.25, -0.2) is 9.97 Å². The van der Waals surface area contributed by atoms with Crippen LogP contribution in [0.15, 0.2) is 6.20 Å². The number of nitrogens with zero attached hydrogens (tertiary/aromatic N) is 2. The van der Waals surface area contributed by atoms with Crippen molar-refractivity contribution in [1.82, 2.24) is 15.3 Å². The van der Waals surface area contributed by atoms with Crippen LogP contribution in [0.1, 0.15) is 30.4 Å². The van der Waals surface area contributed by atoms with Crippen molar-refractivity contribution in [3.63, 3.8) is 0 Å². The molecule has 0 radical (unpaired) electrons. The molecule has 1 aliphatic carbocycles. The third kappa shape index (κ3) is 2.32. The van der Waals surface area contributed by atoms with Gasteiger partial charge in [-0.05, 0) is 31.7 Å². The molecule has 1 aromatic rings.